The molecule has 0 radical (unpaired) electrons. The Balaban J connectivity index is 1.19. The molecule has 3 aromatic carbocycles. The zero-order valence-corrected chi connectivity index (χ0v) is 26.7. The minimum absolute atomic E-state index is 0.00281. The Kier molecular flexibility index (Phi) is 8.77. The van der Waals surface area contributed by atoms with Crippen LogP contribution in [0.5, 0.6) is 0 Å². The lowest BCUT2D eigenvalue weighted by molar-refractivity contribution is 0.0493. The van der Waals surface area contributed by atoms with E-state index >= 15 is 0 Å². The molecule has 2 fully saturated rings. The van der Waals surface area contributed by atoms with Crippen LogP contribution >= 0.6 is 0 Å². The molecule has 3 aliphatic rings. The molecule has 3 aromatic rings. The van der Waals surface area contributed by atoms with E-state index in [1.807, 2.05) is 25.7 Å². The van der Waals surface area contributed by atoms with E-state index in [9.17, 15) is 32.1 Å². The van der Waals surface area contributed by atoms with E-state index in [4.69, 9.17) is 0 Å². The Morgan fingerprint density at radius 2 is 1.52 bits per heavy atom. The smallest absolute Gasteiger partial charge is 0.261 e. The van der Waals surface area contributed by atoms with Gasteiger partial charge in [0.25, 0.3) is 17.7 Å². The number of fused-ring (bicyclic) bond motifs is 3. The number of piperidine rings is 1. The van der Waals surface area contributed by atoms with Gasteiger partial charge in [0.1, 0.15) is 10.6 Å². The maximum absolute atomic E-state index is 14.7. The summed E-state index contributed by atoms with van der Waals surface area (Å²) < 4.78 is 58.2. The van der Waals surface area contributed by atoms with Crippen molar-refractivity contribution in [3.63, 3.8) is 0 Å². The monoisotopic (exact) mass is 651 g/mol. The van der Waals surface area contributed by atoms with E-state index in [0.29, 0.717) is 41.2 Å². The first kappa shape index (κ1) is 32.3. The van der Waals surface area contributed by atoms with Gasteiger partial charge in [-0.25, -0.2) is 13.2 Å². The molecule has 0 unspecified atom stereocenters. The van der Waals surface area contributed by atoms with Gasteiger partial charge in [-0.3, -0.25) is 19.3 Å². The molecule has 7 nitrogen and oxygen atoms in total. The molecule has 2 saturated heterocycles. The van der Waals surface area contributed by atoms with Gasteiger partial charge in [0.05, 0.1) is 23.7 Å². The number of halogens is 3. The van der Waals surface area contributed by atoms with Crippen LogP contribution in [0.4, 0.5) is 13.2 Å². The van der Waals surface area contributed by atoms with Crippen LogP contribution in [0, 0.1) is 23.4 Å². The van der Waals surface area contributed by atoms with Crippen molar-refractivity contribution in [1.29, 1.82) is 0 Å². The van der Waals surface area contributed by atoms with E-state index in [1.165, 1.54) is 4.90 Å². The molecule has 3 aliphatic heterocycles. The molecular formula is C35H36F3N3O4S. The van der Waals surface area contributed by atoms with Gasteiger partial charge < -0.3 is 9.45 Å². The Morgan fingerprint density at radius 3 is 2.13 bits per heavy atom. The second kappa shape index (κ2) is 12.5. The molecule has 0 aliphatic carbocycles. The molecule has 6 rings (SSSR count). The molecule has 0 spiro atoms. The third-order valence-electron chi connectivity index (χ3n) is 9.31. The van der Waals surface area contributed by atoms with Crippen LogP contribution < -0.4 is 4.72 Å². The standard InChI is InChI=1S/C35H36F3N3O4S/c1-35(2,3)46(45)39-31(17-22-16-29(37)30(38)18-28(22)36)23-14-24-11-12-25(15-23)41(24)32(42)21-8-6-7-20(13-21)19-40-33(43)26-9-4-5-10-27(26)34(40)44/h4-10,13,16,18,23-25,31,39H,11-12,14-15,17,19H2,1-3H3/t23-,24-,25+,31-,46+/m1/s1. The largest absolute Gasteiger partial charge is 0.598 e. The fraction of sp³-hybridized carbons (Fsp3) is 0.400. The Bertz CT molecular complexity index is 1650. The number of rotatable bonds is 8. The number of nitrogens with one attached hydrogen (secondary N) is 1. The SMILES string of the molecule is CC(C)(C)[S@+]([O-])N[C@H](Cc1cc(F)c(F)cc1F)[C@@H]1C[C@H]2CC[C@@H](C1)N2C(=O)c1cccc(CN2C(=O)c3ccccc3C2=O)c1. The van der Waals surface area contributed by atoms with Gasteiger partial charge in [-0.05, 0) is 100 Å². The number of hydrogen-bond donors (Lipinski definition) is 1. The van der Waals surface area contributed by atoms with Crippen molar-refractivity contribution in [1.82, 2.24) is 14.5 Å². The van der Waals surface area contributed by atoms with Crippen molar-refractivity contribution in [2.75, 3.05) is 0 Å². The third kappa shape index (κ3) is 6.20. The molecule has 242 valence electrons. The number of carbonyl (C=O) groups is 3. The van der Waals surface area contributed by atoms with Gasteiger partial charge in [0.15, 0.2) is 11.6 Å². The van der Waals surface area contributed by atoms with Gasteiger partial charge >= 0.3 is 0 Å². The van der Waals surface area contributed by atoms with E-state index in [2.05, 4.69) is 4.72 Å². The summed E-state index contributed by atoms with van der Waals surface area (Å²) in [5, 5.41) is 0. The zero-order valence-electron chi connectivity index (χ0n) is 25.9. The van der Waals surface area contributed by atoms with Crippen LogP contribution in [0.3, 0.4) is 0 Å². The lowest BCUT2D eigenvalue weighted by Crippen LogP contribution is -2.54. The van der Waals surface area contributed by atoms with Crippen LogP contribution in [-0.4, -0.2) is 54.9 Å². The summed E-state index contributed by atoms with van der Waals surface area (Å²) in [5.41, 5.74) is 1.85. The number of carbonyl (C=O) groups excluding carboxylic acids is 3. The maximum Gasteiger partial charge on any atom is 0.261 e. The van der Waals surface area contributed by atoms with Crippen molar-refractivity contribution in [3.8, 4) is 0 Å². The van der Waals surface area contributed by atoms with Gasteiger partial charge in [-0.15, -0.1) is 4.72 Å². The number of nitrogens with zero attached hydrogens (tertiary/aromatic N) is 2. The average molecular weight is 652 g/mol. The summed E-state index contributed by atoms with van der Waals surface area (Å²) >= 11 is -1.50. The second-order valence-corrected chi connectivity index (χ2v) is 15.4. The lowest BCUT2D eigenvalue weighted by Gasteiger charge is -2.42. The zero-order chi connectivity index (χ0) is 32.9. The molecule has 3 amide bonds. The van der Waals surface area contributed by atoms with Crippen molar-refractivity contribution >= 4 is 29.1 Å². The molecule has 2 bridgehead atoms. The summed E-state index contributed by atoms with van der Waals surface area (Å²) in [6, 6.07) is 14.3. The van der Waals surface area contributed by atoms with E-state index in [1.54, 1.807) is 48.5 Å². The van der Waals surface area contributed by atoms with Gasteiger partial charge in [0, 0.05) is 35.1 Å². The summed E-state index contributed by atoms with van der Waals surface area (Å²) in [5.74, 6) is -4.24. The summed E-state index contributed by atoms with van der Waals surface area (Å²) in [6.07, 6.45) is 2.71. The van der Waals surface area contributed by atoms with Gasteiger partial charge in [-0.1, -0.05) is 24.3 Å². The Labute approximate surface area is 269 Å². The number of hydrogen-bond acceptors (Lipinski definition) is 5. The highest BCUT2D eigenvalue weighted by molar-refractivity contribution is 7.90. The molecule has 46 heavy (non-hydrogen) atoms. The quantitative estimate of drug-likeness (QED) is 0.185. The lowest BCUT2D eigenvalue weighted by atomic mass is 9.82. The molecule has 0 saturated carbocycles. The first-order chi connectivity index (χ1) is 21.8. The highest BCUT2D eigenvalue weighted by Gasteiger charge is 2.47. The minimum atomic E-state index is -1.50. The van der Waals surface area contributed by atoms with Crippen molar-refractivity contribution in [2.45, 2.75) is 82.3 Å². The predicted octanol–water partition coefficient (Wildman–Crippen LogP) is 5.95. The van der Waals surface area contributed by atoms with E-state index < -0.39 is 39.6 Å². The first-order valence-corrected chi connectivity index (χ1v) is 16.6. The topological polar surface area (TPSA) is 92.8 Å². The number of benzene rings is 3. The molecule has 0 aromatic heterocycles. The molecule has 1 N–H and O–H groups in total. The van der Waals surface area contributed by atoms with Crippen molar-refractivity contribution < 1.29 is 32.1 Å². The van der Waals surface area contributed by atoms with Crippen molar-refractivity contribution in [3.05, 3.63) is 106 Å². The predicted molar refractivity (Wildman–Crippen MR) is 168 cm³/mol. The van der Waals surface area contributed by atoms with Crippen molar-refractivity contribution in [2.24, 2.45) is 5.92 Å². The Hall–Kier alpha value is -3.67. The van der Waals surface area contributed by atoms with Crippen LogP contribution in [0.1, 0.15) is 88.7 Å². The highest BCUT2D eigenvalue weighted by Crippen LogP contribution is 2.42. The third-order valence-corrected chi connectivity index (χ3v) is 10.9. The summed E-state index contributed by atoms with van der Waals surface area (Å²) in [4.78, 5) is 42.8. The normalized spacial score (nSPS) is 22.3. The second-order valence-electron chi connectivity index (χ2n) is 13.4. The number of imide groups is 1. The molecule has 3 heterocycles. The first-order valence-electron chi connectivity index (χ1n) is 15.5. The summed E-state index contributed by atoms with van der Waals surface area (Å²) in [7, 11) is 0. The van der Waals surface area contributed by atoms with Crippen LogP contribution in [0.2, 0.25) is 0 Å². The minimum Gasteiger partial charge on any atom is -0.598 e. The average Bonchev–Trinajstić information content (AvgIpc) is 3.42. The van der Waals surface area contributed by atoms with Gasteiger partial charge in [0.2, 0.25) is 0 Å². The number of amides is 3. The maximum atomic E-state index is 14.7. The molecule has 11 heteroatoms. The summed E-state index contributed by atoms with van der Waals surface area (Å²) in [6.45, 7) is 5.50. The van der Waals surface area contributed by atoms with Crippen LogP contribution in [0.25, 0.3) is 0 Å². The highest BCUT2D eigenvalue weighted by atomic mass is 32.2. The van der Waals surface area contributed by atoms with Gasteiger partial charge in [-0.2, -0.15) is 0 Å². The van der Waals surface area contributed by atoms with Crippen LogP contribution in [0.15, 0.2) is 60.7 Å². The van der Waals surface area contributed by atoms with E-state index in [-0.39, 0.29) is 54.3 Å². The Morgan fingerprint density at radius 1 is 0.913 bits per heavy atom. The van der Waals surface area contributed by atoms with E-state index in [0.717, 1.165) is 18.9 Å². The fourth-order valence-electron chi connectivity index (χ4n) is 6.97. The molecule has 5 atom stereocenters. The fourth-order valence-corrected chi connectivity index (χ4v) is 7.88. The molecular weight excluding hydrogens is 615 g/mol. The van der Waals surface area contributed by atoms with Crippen LogP contribution in [-0.2, 0) is 24.3 Å².